The van der Waals surface area contributed by atoms with E-state index < -0.39 is 42.3 Å². The molecule has 6 aromatic rings. The average Bonchev–Trinajstić information content (AvgIpc) is 4.12. The first-order valence-corrected chi connectivity index (χ1v) is 25.1. The number of hydrogen-bond acceptors (Lipinski definition) is 12. The number of fused-ring (bicyclic) bond motifs is 1. The summed E-state index contributed by atoms with van der Waals surface area (Å²) in [5.74, 6) is -1.57. The summed E-state index contributed by atoms with van der Waals surface area (Å²) in [6.07, 6.45) is 6.73. The Morgan fingerprint density at radius 1 is 0.920 bits per heavy atom. The van der Waals surface area contributed by atoms with Crippen LogP contribution in [0.2, 0.25) is 5.02 Å². The Balaban J connectivity index is 0.996. The first kappa shape index (κ1) is 54.6. The number of unbranched alkanes of at least 4 members (excludes halogenated alkanes) is 2. The number of carbonyl (C=O) groups is 6. The fraction of sp³-hybridized carbons (Fsp3) is 0.358. The Morgan fingerprint density at radius 3 is 2.44 bits per heavy atom. The number of imidazole rings is 1. The normalized spacial score (nSPS) is 13.9. The summed E-state index contributed by atoms with van der Waals surface area (Å²) in [6, 6.07) is 18.9. The first-order chi connectivity index (χ1) is 36.0. The van der Waals surface area contributed by atoms with Crippen LogP contribution in [0, 0.1) is 19.8 Å². The molecule has 75 heavy (non-hydrogen) atoms. The fourth-order valence-electron chi connectivity index (χ4n) is 8.39. The third-order valence-electron chi connectivity index (χ3n) is 12.6. The van der Waals surface area contributed by atoms with Crippen molar-refractivity contribution in [3.8, 4) is 22.6 Å². The molecule has 3 atom stereocenters. The van der Waals surface area contributed by atoms with E-state index in [1.165, 1.54) is 28.3 Å². The lowest BCUT2D eigenvalue weighted by molar-refractivity contribution is -0.132. The van der Waals surface area contributed by atoms with Crippen molar-refractivity contribution in [1.82, 2.24) is 55.3 Å². The van der Waals surface area contributed by atoms with Gasteiger partial charge >= 0.3 is 12.1 Å². The van der Waals surface area contributed by atoms with Crippen molar-refractivity contribution in [2.45, 2.75) is 104 Å². The summed E-state index contributed by atoms with van der Waals surface area (Å²) in [7, 11) is 0. The Bertz CT molecular complexity index is 3030. The van der Waals surface area contributed by atoms with Gasteiger partial charge in [0, 0.05) is 60.3 Å². The topological polar surface area (TPSA) is 284 Å². The molecular formula is C53H62ClN13O8. The summed E-state index contributed by atoms with van der Waals surface area (Å²) in [6.45, 7) is 7.89. The highest BCUT2D eigenvalue weighted by molar-refractivity contribution is 6.31. The SMILES string of the molecule is Cc1cccc(-c2[nH]c(CN(Cc3cccc(Cl)c3C)C(=O)OCc3ccc(NC(=O)[C@H](CCCNC(N)=O)NC(=O)[C@@H](NC(=O)CCCCCN4C(=O)C=CC4O)C(C)C)cc3)nc2-c2ccc3ncnn3c2)n1. The second-order valence-electron chi connectivity index (χ2n) is 18.6. The van der Waals surface area contributed by atoms with Gasteiger partial charge in [-0.3, -0.25) is 29.1 Å². The monoisotopic (exact) mass is 1040 g/mol. The van der Waals surface area contributed by atoms with E-state index in [4.69, 9.17) is 32.0 Å². The smallest absolute Gasteiger partial charge is 0.410 e. The molecule has 1 aliphatic heterocycles. The van der Waals surface area contributed by atoms with Crippen LogP contribution in [-0.2, 0) is 43.6 Å². The lowest BCUT2D eigenvalue weighted by Crippen LogP contribution is -2.54. The van der Waals surface area contributed by atoms with Gasteiger partial charge in [-0.2, -0.15) is 5.10 Å². The van der Waals surface area contributed by atoms with Gasteiger partial charge < -0.3 is 46.7 Å². The number of anilines is 1. The van der Waals surface area contributed by atoms with Crippen LogP contribution >= 0.6 is 11.6 Å². The van der Waals surface area contributed by atoms with Crippen LogP contribution in [-0.4, -0.2) is 112 Å². The number of aromatic nitrogens is 6. The van der Waals surface area contributed by atoms with Gasteiger partial charge in [-0.1, -0.05) is 62.2 Å². The summed E-state index contributed by atoms with van der Waals surface area (Å²) in [4.78, 5) is 98.2. The zero-order valence-corrected chi connectivity index (χ0v) is 43.0. The van der Waals surface area contributed by atoms with Gasteiger partial charge in [0.2, 0.25) is 23.6 Å². The Morgan fingerprint density at radius 2 is 1.71 bits per heavy atom. The standard InChI is InChI=1S/C53H62ClN13O8/c1-32(2)47(64-44(68)16-6-5-7-26-66-45(69)23-24-46(66)70)51(72)61-41(15-10-25-56-52(55)73)50(71)60-38-20-17-35(18-21-38)30-75-53(74)65(27-36-12-9-13-39(54)34(36)4)29-42-62-48(37-19-22-43-57-31-58-67(43)28-37)49(63-42)40-14-8-11-33(3)59-40/h8-9,11-14,17-24,28,31-32,41,45,47,69H,5-7,10,15-16,25-27,29-30H2,1-4H3,(H,60,71)(H,61,72)(H,62,63)(H,64,68)(H3,55,56,73)/t41-,45?,47-/m0/s1. The zero-order valence-electron chi connectivity index (χ0n) is 42.2. The van der Waals surface area contributed by atoms with Gasteiger partial charge in [-0.15, -0.1) is 0 Å². The van der Waals surface area contributed by atoms with E-state index in [0.717, 1.165) is 22.4 Å². The maximum absolute atomic E-state index is 14.1. The quantitative estimate of drug-likeness (QED) is 0.0340. The lowest BCUT2D eigenvalue weighted by atomic mass is 10.0. The molecule has 0 bridgehead atoms. The van der Waals surface area contributed by atoms with Gasteiger partial charge in [-0.25, -0.2) is 24.1 Å². The predicted molar refractivity (Wildman–Crippen MR) is 280 cm³/mol. The molecule has 22 heteroatoms. The number of primary amides is 1. The number of halogens is 1. The van der Waals surface area contributed by atoms with Crippen LogP contribution in [0.25, 0.3) is 28.3 Å². The number of aliphatic hydroxyl groups is 1. The minimum absolute atomic E-state index is 0.0238. The maximum Gasteiger partial charge on any atom is 0.410 e. The number of nitrogens with zero attached hydrogens (tertiary/aromatic N) is 7. The fourth-order valence-corrected chi connectivity index (χ4v) is 8.58. The van der Waals surface area contributed by atoms with E-state index in [1.807, 2.05) is 62.5 Å². The Kier molecular flexibility index (Phi) is 18.7. The molecule has 7 amide bonds. The molecule has 1 aliphatic rings. The molecule has 4 aromatic heterocycles. The third-order valence-corrected chi connectivity index (χ3v) is 13.0. The maximum atomic E-state index is 14.1. The number of benzene rings is 2. The Hall–Kier alpha value is -8.17. The molecule has 0 aliphatic carbocycles. The van der Waals surface area contributed by atoms with Crippen molar-refractivity contribution < 1.29 is 38.6 Å². The van der Waals surface area contributed by atoms with Crippen LogP contribution < -0.4 is 27.0 Å². The molecule has 21 nitrogen and oxygen atoms in total. The number of ether oxygens (including phenoxy) is 1. The number of aromatic amines is 1. The van der Waals surface area contributed by atoms with Crippen LogP contribution in [0.15, 0.2) is 97.5 Å². The van der Waals surface area contributed by atoms with Crippen molar-refractivity contribution in [2.24, 2.45) is 11.7 Å². The van der Waals surface area contributed by atoms with E-state index in [0.29, 0.717) is 77.1 Å². The average molecular weight is 1040 g/mol. The molecule has 2 aromatic carbocycles. The molecule has 0 radical (unpaired) electrons. The van der Waals surface area contributed by atoms with E-state index in [2.05, 4.69) is 36.3 Å². The van der Waals surface area contributed by atoms with Gasteiger partial charge in [0.1, 0.15) is 37.1 Å². The van der Waals surface area contributed by atoms with Crippen molar-refractivity contribution in [1.29, 1.82) is 0 Å². The second-order valence-corrected chi connectivity index (χ2v) is 19.0. The number of pyridine rings is 2. The number of amides is 7. The number of aryl methyl sites for hydroxylation is 1. The number of hydrogen-bond donors (Lipinski definition) is 7. The Labute approximate surface area is 438 Å². The van der Waals surface area contributed by atoms with Crippen molar-refractivity contribution in [3.05, 3.63) is 131 Å². The molecule has 1 unspecified atom stereocenters. The van der Waals surface area contributed by atoms with E-state index in [-0.39, 0.29) is 56.8 Å². The summed E-state index contributed by atoms with van der Waals surface area (Å²) in [5.41, 5.74) is 12.0. The number of urea groups is 1. The lowest BCUT2D eigenvalue weighted by Gasteiger charge is -2.25. The minimum atomic E-state index is -1.06. The summed E-state index contributed by atoms with van der Waals surface area (Å²) >= 11 is 6.53. The highest BCUT2D eigenvalue weighted by Crippen LogP contribution is 2.31. The summed E-state index contributed by atoms with van der Waals surface area (Å²) < 4.78 is 7.58. The number of carbonyl (C=O) groups excluding carboxylic acids is 6. The van der Waals surface area contributed by atoms with E-state index in [9.17, 15) is 33.9 Å². The van der Waals surface area contributed by atoms with Crippen molar-refractivity contribution in [3.63, 3.8) is 0 Å². The molecular weight excluding hydrogens is 982 g/mol. The van der Waals surface area contributed by atoms with Gasteiger partial charge in [0.05, 0.1) is 23.6 Å². The van der Waals surface area contributed by atoms with Crippen LogP contribution in [0.4, 0.5) is 15.3 Å². The third kappa shape index (κ3) is 15.0. The van der Waals surface area contributed by atoms with Crippen LogP contribution in [0.3, 0.4) is 0 Å². The molecule has 0 spiro atoms. The predicted octanol–water partition coefficient (Wildman–Crippen LogP) is 6.08. The van der Waals surface area contributed by atoms with Gasteiger partial charge in [0.25, 0.3) is 0 Å². The highest BCUT2D eigenvalue weighted by atomic mass is 35.5. The highest BCUT2D eigenvalue weighted by Gasteiger charge is 2.30. The molecule has 0 fully saturated rings. The number of aliphatic hydroxyl groups excluding tert-OH is 1. The van der Waals surface area contributed by atoms with Crippen LogP contribution in [0.5, 0.6) is 0 Å². The van der Waals surface area contributed by atoms with E-state index in [1.54, 1.807) is 48.7 Å². The zero-order chi connectivity index (χ0) is 53.6. The molecule has 8 N–H and O–H groups in total. The molecule has 0 saturated heterocycles. The largest absolute Gasteiger partial charge is 0.445 e. The van der Waals surface area contributed by atoms with Crippen LogP contribution in [0.1, 0.15) is 80.6 Å². The number of rotatable bonds is 24. The number of H-pyrrole nitrogens is 1. The number of nitrogens with one attached hydrogen (secondary N) is 5. The molecule has 0 saturated carbocycles. The summed E-state index contributed by atoms with van der Waals surface area (Å²) in [5, 5.41) is 25.7. The molecule has 394 valence electrons. The number of nitrogens with two attached hydrogens (primary N) is 1. The van der Waals surface area contributed by atoms with Crippen molar-refractivity contribution >= 4 is 58.7 Å². The van der Waals surface area contributed by atoms with Crippen molar-refractivity contribution in [2.75, 3.05) is 18.4 Å². The van der Waals surface area contributed by atoms with Gasteiger partial charge in [-0.05, 0) is 111 Å². The molecule has 5 heterocycles. The van der Waals surface area contributed by atoms with Gasteiger partial charge in [0.15, 0.2) is 5.65 Å². The minimum Gasteiger partial charge on any atom is -0.445 e. The molecule has 7 rings (SSSR count). The van der Waals surface area contributed by atoms with E-state index >= 15 is 0 Å². The first-order valence-electron chi connectivity index (χ1n) is 24.7. The second kappa shape index (κ2) is 25.7.